The van der Waals surface area contributed by atoms with Crippen LogP contribution in [-0.2, 0) is 20.6 Å². The number of carbonyl (C=O) groups is 3. The Labute approximate surface area is 155 Å². The fraction of sp³-hybridized carbons (Fsp3) is 0.500. The molecule has 0 unspecified atom stereocenters. The Balaban J connectivity index is 2.06. The molecule has 0 bridgehead atoms. The van der Waals surface area contributed by atoms with Crippen molar-refractivity contribution in [3.8, 4) is 0 Å². The van der Waals surface area contributed by atoms with Crippen molar-refractivity contribution in [1.29, 1.82) is 0 Å². The van der Waals surface area contributed by atoms with Crippen LogP contribution in [0.4, 0.5) is 18.9 Å². The van der Waals surface area contributed by atoms with E-state index < -0.39 is 29.0 Å². The largest absolute Gasteiger partial charge is 0.416 e. The van der Waals surface area contributed by atoms with Crippen LogP contribution in [0.1, 0.15) is 26.3 Å². The number of nitrogens with zero attached hydrogens (tertiary/aromatic N) is 2. The molecule has 3 amide bonds. The number of hydrogen-bond donors (Lipinski definition) is 1. The molecule has 148 valence electrons. The third kappa shape index (κ3) is 4.78. The number of carbonyl (C=O) groups excluding carboxylic acids is 3. The van der Waals surface area contributed by atoms with E-state index in [0.29, 0.717) is 26.2 Å². The second kappa shape index (κ2) is 7.58. The van der Waals surface area contributed by atoms with E-state index in [1.54, 1.807) is 4.90 Å². The number of anilines is 1. The molecule has 6 nitrogen and oxygen atoms in total. The van der Waals surface area contributed by atoms with E-state index in [-0.39, 0.29) is 11.6 Å². The normalized spacial score (nSPS) is 15.5. The average Bonchev–Trinajstić information content (AvgIpc) is 2.60. The molecule has 0 saturated carbocycles. The maximum absolute atomic E-state index is 12.8. The summed E-state index contributed by atoms with van der Waals surface area (Å²) in [5.41, 5.74) is -2.38. The zero-order valence-electron chi connectivity index (χ0n) is 15.4. The van der Waals surface area contributed by atoms with Gasteiger partial charge in [-0.15, -0.1) is 0 Å². The molecule has 1 aromatic carbocycles. The van der Waals surface area contributed by atoms with E-state index in [9.17, 15) is 27.6 Å². The molecular weight excluding hydrogens is 363 g/mol. The summed E-state index contributed by atoms with van der Waals surface area (Å²) < 4.78 is 38.4. The van der Waals surface area contributed by atoms with Crippen molar-refractivity contribution in [2.45, 2.75) is 26.9 Å². The molecule has 27 heavy (non-hydrogen) atoms. The van der Waals surface area contributed by atoms with Crippen molar-refractivity contribution in [2.75, 3.05) is 31.5 Å². The smallest absolute Gasteiger partial charge is 0.339 e. The molecule has 1 aromatic rings. The molecule has 1 fully saturated rings. The van der Waals surface area contributed by atoms with E-state index >= 15 is 0 Å². The number of piperazine rings is 1. The maximum atomic E-state index is 12.8. The second-order valence-corrected chi connectivity index (χ2v) is 6.96. The van der Waals surface area contributed by atoms with Gasteiger partial charge < -0.3 is 15.1 Å². The van der Waals surface area contributed by atoms with Gasteiger partial charge in [-0.25, -0.2) is 0 Å². The predicted molar refractivity (Wildman–Crippen MR) is 92.7 cm³/mol. The first kappa shape index (κ1) is 20.7. The molecule has 9 heteroatoms. The molecule has 0 aliphatic carbocycles. The van der Waals surface area contributed by atoms with Gasteiger partial charge in [-0.05, 0) is 32.0 Å². The predicted octanol–water partition coefficient (Wildman–Crippen LogP) is 2.36. The highest BCUT2D eigenvalue weighted by Gasteiger charge is 2.40. The molecule has 0 spiro atoms. The van der Waals surface area contributed by atoms with Gasteiger partial charge in [0, 0.05) is 38.8 Å². The van der Waals surface area contributed by atoms with E-state index in [1.807, 2.05) is 0 Å². The van der Waals surface area contributed by atoms with Crippen LogP contribution >= 0.6 is 0 Å². The Bertz CT molecular complexity index is 739. The number of benzene rings is 1. The van der Waals surface area contributed by atoms with Crippen LogP contribution < -0.4 is 5.32 Å². The Morgan fingerprint density at radius 1 is 1.00 bits per heavy atom. The summed E-state index contributed by atoms with van der Waals surface area (Å²) in [5.74, 6) is -1.21. The zero-order valence-corrected chi connectivity index (χ0v) is 15.4. The first-order valence-electron chi connectivity index (χ1n) is 8.46. The van der Waals surface area contributed by atoms with Crippen molar-refractivity contribution in [3.63, 3.8) is 0 Å². The molecule has 0 aromatic heterocycles. The number of nitrogens with one attached hydrogen (secondary N) is 1. The van der Waals surface area contributed by atoms with Crippen molar-refractivity contribution < 1.29 is 27.6 Å². The number of alkyl halides is 3. The van der Waals surface area contributed by atoms with Crippen molar-refractivity contribution >= 4 is 23.4 Å². The quantitative estimate of drug-likeness (QED) is 0.813. The van der Waals surface area contributed by atoms with Crippen molar-refractivity contribution in [2.24, 2.45) is 5.41 Å². The van der Waals surface area contributed by atoms with Crippen LogP contribution in [0.3, 0.4) is 0 Å². The summed E-state index contributed by atoms with van der Waals surface area (Å²) in [7, 11) is 0. The lowest BCUT2D eigenvalue weighted by atomic mass is 9.89. The zero-order chi connectivity index (χ0) is 20.4. The lowest BCUT2D eigenvalue weighted by molar-refractivity contribution is -0.149. The summed E-state index contributed by atoms with van der Waals surface area (Å²) in [6.07, 6.45) is -4.53. The van der Waals surface area contributed by atoms with Crippen molar-refractivity contribution in [1.82, 2.24) is 9.80 Å². The van der Waals surface area contributed by atoms with E-state index in [2.05, 4.69) is 5.32 Å². The summed E-state index contributed by atoms with van der Waals surface area (Å²) in [6.45, 7) is 5.67. The topological polar surface area (TPSA) is 69.7 Å². The maximum Gasteiger partial charge on any atom is 0.416 e. The summed E-state index contributed by atoms with van der Waals surface area (Å²) in [4.78, 5) is 39.7. The molecule has 2 rings (SSSR count). The van der Waals surface area contributed by atoms with E-state index in [4.69, 9.17) is 0 Å². The molecule has 1 saturated heterocycles. The van der Waals surface area contributed by atoms with E-state index in [1.165, 1.54) is 37.8 Å². The third-order valence-corrected chi connectivity index (χ3v) is 4.56. The van der Waals surface area contributed by atoms with Gasteiger partial charge in [0.15, 0.2) is 0 Å². The summed E-state index contributed by atoms with van der Waals surface area (Å²) in [6, 6.07) is 4.25. The highest BCUT2D eigenvalue weighted by molar-refractivity contribution is 6.09. The Morgan fingerprint density at radius 3 is 2.07 bits per heavy atom. The molecule has 0 radical (unpaired) electrons. The molecule has 1 aliphatic heterocycles. The minimum absolute atomic E-state index is 0.0305. The van der Waals surface area contributed by atoms with Crippen LogP contribution in [0.15, 0.2) is 24.3 Å². The van der Waals surface area contributed by atoms with Crippen LogP contribution in [0, 0.1) is 5.41 Å². The average molecular weight is 385 g/mol. The van der Waals surface area contributed by atoms with E-state index in [0.717, 1.165) is 12.1 Å². The lowest BCUT2D eigenvalue weighted by Crippen LogP contribution is -2.55. The molecular formula is C18H22F3N3O3. The first-order valence-corrected chi connectivity index (χ1v) is 8.46. The minimum atomic E-state index is -4.53. The molecule has 1 aliphatic rings. The van der Waals surface area contributed by atoms with Gasteiger partial charge in [0.25, 0.3) is 0 Å². The highest BCUT2D eigenvalue weighted by atomic mass is 19.4. The summed E-state index contributed by atoms with van der Waals surface area (Å²) >= 11 is 0. The van der Waals surface area contributed by atoms with Gasteiger partial charge in [-0.3, -0.25) is 14.4 Å². The fourth-order valence-electron chi connectivity index (χ4n) is 2.78. The monoisotopic (exact) mass is 385 g/mol. The van der Waals surface area contributed by atoms with Gasteiger partial charge in [0.05, 0.1) is 5.56 Å². The van der Waals surface area contributed by atoms with Gasteiger partial charge in [0.1, 0.15) is 5.41 Å². The standard InChI is InChI=1S/C18H22F3N3O3/c1-12(25)23-7-9-24(10-8-23)16(27)17(2,3)15(26)22-14-6-4-5-13(11-14)18(19,20)21/h4-6,11H,7-10H2,1-3H3,(H,22,26). The highest BCUT2D eigenvalue weighted by Crippen LogP contribution is 2.31. The lowest BCUT2D eigenvalue weighted by Gasteiger charge is -2.37. The molecule has 1 heterocycles. The van der Waals surface area contributed by atoms with Gasteiger partial charge in [0.2, 0.25) is 17.7 Å². The van der Waals surface area contributed by atoms with Gasteiger partial charge in [-0.1, -0.05) is 6.07 Å². The summed E-state index contributed by atoms with van der Waals surface area (Å²) in [5, 5.41) is 2.39. The van der Waals surface area contributed by atoms with Crippen LogP contribution in [0.2, 0.25) is 0 Å². The second-order valence-electron chi connectivity index (χ2n) is 6.96. The number of amides is 3. The van der Waals surface area contributed by atoms with Crippen LogP contribution in [-0.4, -0.2) is 53.7 Å². The first-order chi connectivity index (χ1) is 12.4. The number of rotatable bonds is 3. The molecule has 0 atom stereocenters. The third-order valence-electron chi connectivity index (χ3n) is 4.56. The van der Waals surface area contributed by atoms with Crippen molar-refractivity contribution in [3.05, 3.63) is 29.8 Å². The van der Waals surface area contributed by atoms with Crippen LogP contribution in [0.25, 0.3) is 0 Å². The Hall–Kier alpha value is -2.58. The minimum Gasteiger partial charge on any atom is -0.339 e. The SMILES string of the molecule is CC(=O)N1CCN(C(=O)C(C)(C)C(=O)Nc2cccc(C(F)(F)F)c2)CC1. The van der Waals surface area contributed by atoms with Gasteiger partial charge >= 0.3 is 6.18 Å². The fourth-order valence-corrected chi connectivity index (χ4v) is 2.78. The Kier molecular flexibility index (Phi) is 5.82. The molecule has 1 N–H and O–H groups in total. The van der Waals surface area contributed by atoms with Crippen LogP contribution in [0.5, 0.6) is 0 Å². The number of hydrogen-bond acceptors (Lipinski definition) is 3. The number of halogens is 3. The van der Waals surface area contributed by atoms with Gasteiger partial charge in [-0.2, -0.15) is 13.2 Å². The Morgan fingerprint density at radius 2 is 1.56 bits per heavy atom.